The molecule has 3 rings (SSSR count). The van der Waals surface area contributed by atoms with Gasteiger partial charge in [0.1, 0.15) is 12.5 Å². The van der Waals surface area contributed by atoms with Crippen LogP contribution in [0.2, 0.25) is 0 Å². The molecule has 1 aromatic carbocycles. The molecule has 0 radical (unpaired) electrons. The lowest BCUT2D eigenvalue weighted by atomic mass is 9.69. The second-order valence-corrected chi connectivity index (χ2v) is 10.2. The van der Waals surface area contributed by atoms with Gasteiger partial charge in [0.15, 0.2) is 17.3 Å². The Labute approximate surface area is 221 Å². The van der Waals surface area contributed by atoms with E-state index in [9.17, 15) is 14.4 Å². The van der Waals surface area contributed by atoms with Crippen molar-refractivity contribution in [2.24, 2.45) is 11.8 Å². The molecule has 0 fully saturated rings. The maximum Gasteiger partial charge on any atom is 0.336 e. The minimum atomic E-state index is -0.980. The van der Waals surface area contributed by atoms with E-state index < -0.39 is 23.8 Å². The van der Waals surface area contributed by atoms with Crippen LogP contribution in [0.15, 0.2) is 34.7 Å². The van der Waals surface area contributed by atoms with E-state index in [2.05, 4.69) is 5.32 Å². The molecular formula is C27H35NO8S. The number of dihydropyridines is 1. The van der Waals surface area contributed by atoms with E-state index in [4.69, 9.17) is 23.7 Å². The van der Waals surface area contributed by atoms with Crippen molar-refractivity contribution in [1.82, 2.24) is 5.32 Å². The molecule has 0 unspecified atom stereocenters. The van der Waals surface area contributed by atoms with Crippen LogP contribution in [0.25, 0.3) is 0 Å². The van der Waals surface area contributed by atoms with Crippen LogP contribution in [0.1, 0.15) is 38.7 Å². The summed E-state index contributed by atoms with van der Waals surface area (Å²) in [7, 11) is 5.76. The molecule has 1 N–H and O–H groups in total. The van der Waals surface area contributed by atoms with Crippen molar-refractivity contribution >= 4 is 29.5 Å². The predicted octanol–water partition coefficient (Wildman–Crippen LogP) is 3.62. The molecule has 0 saturated carbocycles. The normalized spacial score (nSPS) is 21.2. The van der Waals surface area contributed by atoms with Gasteiger partial charge in [0.2, 0.25) is 5.75 Å². The van der Waals surface area contributed by atoms with Crippen LogP contribution in [0, 0.1) is 11.8 Å². The molecule has 2 aliphatic rings. The second kappa shape index (κ2) is 12.4. The number of hydrogen-bond acceptors (Lipinski definition) is 10. The van der Waals surface area contributed by atoms with Gasteiger partial charge in [-0.2, -0.15) is 11.8 Å². The van der Waals surface area contributed by atoms with Crippen molar-refractivity contribution in [3.8, 4) is 17.2 Å². The van der Waals surface area contributed by atoms with Crippen molar-refractivity contribution in [3.05, 3.63) is 40.2 Å². The molecule has 37 heavy (non-hydrogen) atoms. The van der Waals surface area contributed by atoms with Crippen LogP contribution >= 0.6 is 11.8 Å². The van der Waals surface area contributed by atoms with Gasteiger partial charge in [-0.3, -0.25) is 9.59 Å². The van der Waals surface area contributed by atoms with Gasteiger partial charge in [-0.15, -0.1) is 0 Å². The molecular weight excluding hydrogens is 498 g/mol. The van der Waals surface area contributed by atoms with Crippen molar-refractivity contribution < 1.29 is 38.1 Å². The lowest BCUT2D eigenvalue weighted by Gasteiger charge is -2.38. The molecule has 1 aliphatic carbocycles. The van der Waals surface area contributed by atoms with Crippen molar-refractivity contribution in [2.45, 2.75) is 33.1 Å². The van der Waals surface area contributed by atoms with Crippen molar-refractivity contribution in [2.75, 3.05) is 46.6 Å². The van der Waals surface area contributed by atoms with Gasteiger partial charge in [0.05, 0.1) is 34.0 Å². The molecule has 1 heterocycles. The molecule has 0 saturated heterocycles. The van der Waals surface area contributed by atoms with E-state index >= 15 is 0 Å². The zero-order chi connectivity index (χ0) is 27.3. The van der Waals surface area contributed by atoms with Gasteiger partial charge >= 0.3 is 11.9 Å². The summed E-state index contributed by atoms with van der Waals surface area (Å²) in [5, 5.41) is 3.26. The maximum absolute atomic E-state index is 13.9. The molecule has 10 heteroatoms. The van der Waals surface area contributed by atoms with Crippen molar-refractivity contribution in [1.29, 1.82) is 0 Å². The number of carbonyl (C=O) groups is 3. The molecule has 0 spiro atoms. The lowest BCUT2D eigenvalue weighted by Crippen LogP contribution is -2.43. The fraction of sp³-hybridized carbons (Fsp3) is 0.519. The molecule has 3 atom stereocenters. The highest BCUT2D eigenvalue weighted by Gasteiger charge is 2.47. The standard InChI is InChI=1S/C27H35NO8S/c1-8-37-10-9-36-27(31)21-15(3)28-17-11-14(2)20(26(30)35-7)24(29)23(17)22(21)16-12-18(32-4)25(34-6)19(13-16)33-5/h12-14,20,22,28H,8-11H2,1-7H3/t14-,20-,22-/m1/s1. The molecule has 0 aromatic heterocycles. The first-order chi connectivity index (χ1) is 17.7. The third-order valence-corrected chi connectivity index (χ3v) is 7.51. The number of nitrogens with one attached hydrogen (secondary N) is 1. The predicted molar refractivity (Wildman–Crippen MR) is 140 cm³/mol. The van der Waals surface area contributed by atoms with E-state index in [1.54, 1.807) is 30.8 Å². The second-order valence-electron chi connectivity index (χ2n) is 8.83. The fourth-order valence-corrected chi connectivity index (χ4v) is 5.46. The minimum absolute atomic E-state index is 0.234. The van der Waals surface area contributed by atoms with Crippen molar-refractivity contribution in [3.63, 3.8) is 0 Å². The third-order valence-electron chi connectivity index (χ3n) is 6.65. The third kappa shape index (κ3) is 5.58. The average Bonchev–Trinajstić information content (AvgIpc) is 2.88. The summed E-state index contributed by atoms with van der Waals surface area (Å²) >= 11 is 1.66. The number of thioether (sulfide) groups is 1. The van der Waals surface area contributed by atoms with Crippen LogP contribution < -0.4 is 19.5 Å². The summed E-state index contributed by atoms with van der Waals surface area (Å²) < 4.78 is 27.2. The summed E-state index contributed by atoms with van der Waals surface area (Å²) in [6, 6.07) is 3.43. The highest BCUT2D eigenvalue weighted by atomic mass is 32.2. The summed E-state index contributed by atoms with van der Waals surface area (Å²) in [6.07, 6.45) is 0.439. The quantitative estimate of drug-likeness (QED) is 0.272. The number of Topliss-reactive ketones (excluding diaryl/α,β-unsaturated/α-hetero) is 1. The van der Waals surface area contributed by atoms with E-state index in [1.807, 2.05) is 13.8 Å². The monoisotopic (exact) mass is 533 g/mol. The van der Waals surface area contributed by atoms with Crippen LogP contribution in [-0.2, 0) is 23.9 Å². The molecule has 1 aromatic rings. The summed E-state index contributed by atoms with van der Waals surface area (Å²) in [4.78, 5) is 40.0. The van der Waals surface area contributed by atoms with E-state index in [0.29, 0.717) is 57.5 Å². The number of rotatable bonds is 10. The smallest absolute Gasteiger partial charge is 0.336 e. The van der Waals surface area contributed by atoms with Gasteiger partial charge < -0.3 is 29.0 Å². The number of methoxy groups -OCH3 is 4. The summed E-state index contributed by atoms with van der Waals surface area (Å²) in [5.74, 6) is -0.882. The van der Waals surface area contributed by atoms with E-state index in [1.165, 1.54) is 28.4 Å². The Morgan fingerprint density at radius 3 is 2.27 bits per heavy atom. The van der Waals surface area contributed by atoms with Gasteiger partial charge in [-0.25, -0.2) is 4.79 Å². The Kier molecular flexibility index (Phi) is 9.53. The zero-order valence-corrected chi connectivity index (χ0v) is 23.2. The highest BCUT2D eigenvalue weighted by molar-refractivity contribution is 7.99. The first kappa shape index (κ1) is 28.4. The topological polar surface area (TPSA) is 109 Å². The van der Waals surface area contributed by atoms with Gasteiger partial charge in [0, 0.05) is 28.6 Å². The summed E-state index contributed by atoms with van der Waals surface area (Å²) in [5.41, 5.74) is 2.46. The molecule has 1 aliphatic heterocycles. The first-order valence-electron chi connectivity index (χ1n) is 12.1. The number of benzene rings is 1. The SMILES string of the molecule is CCSCCOC(=O)C1=C(C)NC2=C(C(=O)[C@H](C(=O)OC)[C@H](C)C2)[C@@H]1c1cc(OC)c(OC)c(OC)c1. The Balaban J connectivity index is 2.21. The average molecular weight is 534 g/mol. The molecule has 0 amide bonds. The Morgan fingerprint density at radius 2 is 1.73 bits per heavy atom. The van der Waals surface area contributed by atoms with Crippen LogP contribution in [-0.4, -0.2) is 64.3 Å². The summed E-state index contributed by atoms with van der Waals surface area (Å²) in [6.45, 7) is 5.89. The molecule has 0 bridgehead atoms. The Bertz CT molecular complexity index is 1100. The molecule has 9 nitrogen and oxygen atoms in total. The lowest BCUT2D eigenvalue weighted by molar-refractivity contribution is -0.151. The van der Waals surface area contributed by atoms with Crippen LogP contribution in [0.3, 0.4) is 0 Å². The number of ether oxygens (including phenoxy) is 5. The van der Waals surface area contributed by atoms with Gasteiger partial charge in [-0.05, 0) is 42.7 Å². The van der Waals surface area contributed by atoms with E-state index in [0.717, 1.165) is 5.75 Å². The number of esters is 2. The first-order valence-corrected chi connectivity index (χ1v) is 13.3. The highest BCUT2D eigenvalue weighted by Crippen LogP contribution is 2.49. The minimum Gasteiger partial charge on any atom is -0.493 e. The van der Waals surface area contributed by atoms with Crippen LogP contribution in [0.4, 0.5) is 0 Å². The maximum atomic E-state index is 13.9. The largest absolute Gasteiger partial charge is 0.493 e. The van der Waals surface area contributed by atoms with Gasteiger partial charge in [0.25, 0.3) is 0 Å². The number of allylic oxidation sites excluding steroid dienone is 3. The fourth-order valence-electron chi connectivity index (χ4n) is 4.97. The molecule has 202 valence electrons. The number of carbonyl (C=O) groups excluding carboxylic acids is 3. The Morgan fingerprint density at radius 1 is 1.08 bits per heavy atom. The number of ketones is 1. The zero-order valence-electron chi connectivity index (χ0n) is 22.4. The Hall–Kier alpha value is -3.14. The van der Waals surface area contributed by atoms with Crippen LogP contribution in [0.5, 0.6) is 17.2 Å². The van der Waals surface area contributed by atoms with Gasteiger partial charge in [-0.1, -0.05) is 13.8 Å². The van der Waals surface area contributed by atoms with E-state index in [-0.39, 0.29) is 18.3 Å². The number of hydrogen-bond donors (Lipinski definition) is 1.